The van der Waals surface area contributed by atoms with Crippen molar-refractivity contribution in [1.82, 2.24) is 5.32 Å². The molecule has 0 aromatic heterocycles. The van der Waals surface area contributed by atoms with Gasteiger partial charge in [0.05, 0.1) is 0 Å². The summed E-state index contributed by atoms with van der Waals surface area (Å²) in [5.41, 5.74) is 2.53. The molecule has 2 rings (SSSR count). The van der Waals surface area contributed by atoms with Crippen LogP contribution < -0.4 is 10.6 Å². The number of nitrogens with one attached hydrogen (secondary N) is 2. The van der Waals surface area contributed by atoms with Gasteiger partial charge in [0.15, 0.2) is 0 Å². The molecule has 102 valence electrons. The van der Waals surface area contributed by atoms with Gasteiger partial charge in [-0.15, -0.1) is 0 Å². The van der Waals surface area contributed by atoms with E-state index in [9.17, 15) is 0 Å². The summed E-state index contributed by atoms with van der Waals surface area (Å²) in [7, 11) is 2.01. The molecule has 0 aliphatic rings. The summed E-state index contributed by atoms with van der Waals surface area (Å²) in [6.45, 7) is 6.47. The van der Waals surface area contributed by atoms with Crippen molar-refractivity contribution in [3.8, 4) is 0 Å². The average Bonchev–Trinajstić information content (AvgIpc) is 2.43. The van der Waals surface area contributed by atoms with Crippen LogP contribution in [0.3, 0.4) is 0 Å². The molecule has 2 aromatic rings. The Bertz CT molecular complexity index is 534. The predicted molar refractivity (Wildman–Crippen MR) is 84.9 cm³/mol. The maximum Gasteiger partial charge on any atom is 0.0346 e. The normalized spacial score (nSPS) is 12.6. The highest BCUT2D eigenvalue weighted by atomic mass is 14.9. The Morgan fingerprint density at radius 3 is 2.47 bits per heavy atom. The van der Waals surface area contributed by atoms with E-state index < -0.39 is 0 Å². The Hall–Kier alpha value is -1.54. The lowest BCUT2D eigenvalue weighted by Crippen LogP contribution is -2.24. The van der Waals surface area contributed by atoms with E-state index >= 15 is 0 Å². The molecule has 2 aromatic carbocycles. The Labute approximate surface area is 116 Å². The van der Waals surface area contributed by atoms with Crippen molar-refractivity contribution in [1.29, 1.82) is 0 Å². The third-order valence-electron chi connectivity index (χ3n) is 3.66. The van der Waals surface area contributed by atoms with E-state index in [4.69, 9.17) is 0 Å². The van der Waals surface area contributed by atoms with Gasteiger partial charge in [-0.2, -0.15) is 0 Å². The van der Waals surface area contributed by atoms with E-state index in [1.165, 1.54) is 28.4 Å². The zero-order valence-corrected chi connectivity index (χ0v) is 12.2. The van der Waals surface area contributed by atoms with Gasteiger partial charge in [0, 0.05) is 12.2 Å². The van der Waals surface area contributed by atoms with Crippen LogP contribution in [0, 0.1) is 12.8 Å². The quantitative estimate of drug-likeness (QED) is 0.821. The van der Waals surface area contributed by atoms with Gasteiger partial charge in [0.25, 0.3) is 0 Å². The first-order valence-corrected chi connectivity index (χ1v) is 7.12. The summed E-state index contributed by atoms with van der Waals surface area (Å²) < 4.78 is 0. The zero-order valence-electron chi connectivity index (χ0n) is 12.2. The van der Waals surface area contributed by atoms with Crippen LogP contribution in [0.15, 0.2) is 36.4 Å². The third-order valence-corrected chi connectivity index (χ3v) is 3.66. The minimum atomic E-state index is 0.679. The maximum absolute atomic E-state index is 3.55. The SMILES string of the molecule is CCC(CNC)CNc1ccc2cc(C)ccc2c1. The monoisotopic (exact) mass is 256 g/mol. The average molecular weight is 256 g/mol. The molecule has 1 unspecified atom stereocenters. The van der Waals surface area contributed by atoms with Crippen molar-refractivity contribution >= 4 is 16.5 Å². The van der Waals surface area contributed by atoms with Gasteiger partial charge in [0.1, 0.15) is 0 Å². The maximum atomic E-state index is 3.55. The smallest absolute Gasteiger partial charge is 0.0346 e. The topological polar surface area (TPSA) is 24.1 Å². The highest BCUT2D eigenvalue weighted by Crippen LogP contribution is 2.20. The molecule has 2 N–H and O–H groups in total. The van der Waals surface area contributed by atoms with Crippen molar-refractivity contribution in [3.05, 3.63) is 42.0 Å². The number of hydrogen-bond acceptors (Lipinski definition) is 2. The van der Waals surface area contributed by atoms with E-state index in [-0.39, 0.29) is 0 Å². The molecule has 0 radical (unpaired) electrons. The standard InChI is InChI=1S/C17H24N2/c1-4-14(11-18-3)12-19-17-8-7-15-9-13(2)5-6-16(15)10-17/h5-10,14,18-19H,4,11-12H2,1-3H3. The second-order valence-electron chi connectivity index (χ2n) is 5.28. The first-order chi connectivity index (χ1) is 9.22. The minimum Gasteiger partial charge on any atom is -0.385 e. The Morgan fingerprint density at radius 1 is 1.00 bits per heavy atom. The molecular formula is C17H24N2. The molecule has 0 amide bonds. The van der Waals surface area contributed by atoms with Gasteiger partial charge in [0.2, 0.25) is 0 Å². The molecule has 0 heterocycles. The molecule has 19 heavy (non-hydrogen) atoms. The fraction of sp³-hybridized carbons (Fsp3) is 0.412. The fourth-order valence-corrected chi connectivity index (χ4v) is 2.39. The van der Waals surface area contributed by atoms with Crippen molar-refractivity contribution in [2.45, 2.75) is 20.3 Å². The molecule has 0 aliphatic heterocycles. The predicted octanol–water partition coefficient (Wildman–Crippen LogP) is 3.81. The van der Waals surface area contributed by atoms with Crippen molar-refractivity contribution in [2.75, 3.05) is 25.5 Å². The first kappa shape index (κ1) is 13.9. The van der Waals surface area contributed by atoms with Crippen LogP contribution in [-0.4, -0.2) is 20.1 Å². The van der Waals surface area contributed by atoms with Crippen LogP contribution in [0.5, 0.6) is 0 Å². The fourth-order valence-electron chi connectivity index (χ4n) is 2.39. The highest BCUT2D eigenvalue weighted by Gasteiger charge is 2.04. The molecule has 0 bridgehead atoms. The van der Waals surface area contributed by atoms with Gasteiger partial charge in [-0.1, -0.05) is 43.2 Å². The van der Waals surface area contributed by atoms with Crippen LogP contribution in [0.1, 0.15) is 18.9 Å². The van der Waals surface area contributed by atoms with Crippen molar-refractivity contribution in [2.24, 2.45) is 5.92 Å². The Kier molecular flexibility index (Phi) is 4.80. The molecular weight excluding hydrogens is 232 g/mol. The summed E-state index contributed by atoms with van der Waals surface area (Å²) in [6, 6.07) is 13.2. The molecule has 0 spiro atoms. The highest BCUT2D eigenvalue weighted by molar-refractivity contribution is 5.86. The lowest BCUT2D eigenvalue weighted by molar-refractivity contribution is 0.507. The molecule has 0 aliphatic carbocycles. The van der Waals surface area contributed by atoms with Crippen LogP contribution in [0.2, 0.25) is 0 Å². The summed E-state index contributed by atoms with van der Waals surface area (Å²) in [5, 5.41) is 9.41. The molecule has 0 saturated carbocycles. The molecule has 0 fully saturated rings. The van der Waals surface area contributed by atoms with Crippen LogP contribution in [-0.2, 0) is 0 Å². The Balaban J connectivity index is 2.07. The van der Waals surface area contributed by atoms with E-state index in [1.54, 1.807) is 0 Å². The molecule has 2 heteroatoms. The van der Waals surface area contributed by atoms with Crippen LogP contribution >= 0.6 is 0 Å². The third kappa shape index (κ3) is 3.71. The largest absolute Gasteiger partial charge is 0.385 e. The number of aryl methyl sites for hydroxylation is 1. The summed E-state index contributed by atoms with van der Waals surface area (Å²) in [5.74, 6) is 0.679. The summed E-state index contributed by atoms with van der Waals surface area (Å²) >= 11 is 0. The van der Waals surface area contributed by atoms with E-state index in [0.29, 0.717) is 5.92 Å². The second-order valence-corrected chi connectivity index (χ2v) is 5.28. The van der Waals surface area contributed by atoms with Crippen molar-refractivity contribution in [3.63, 3.8) is 0 Å². The summed E-state index contributed by atoms with van der Waals surface area (Å²) in [4.78, 5) is 0. The minimum absolute atomic E-state index is 0.679. The van der Waals surface area contributed by atoms with E-state index in [0.717, 1.165) is 13.1 Å². The van der Waals surface area contributed by atoms with Crippen LogP contribution in [0.4, 0.5) is 5.69 Å². The van der Waals surface area contributed by atoms with Gasteiger partial charge in [-0.05, 0) is 49.3 Å². The number of rotatable bonds is 6. The van der Waals surface area contributed by atoms with E-state index in [1.807, 2.05) is 7.05 Å². The van der Waals surface area contributed by atoms with Crippen LogP contribution in [0.25, 0.3) is 10.8 Å². The summed E-state index contributed by atoms with van der Waals surface area (Å²) in [6.07, 6.45) is 1.20. The van der Waals surface area contributed by atoms with Gasteiger partial charge in [-0.25, -0.2) is 0 Å². The van der Waals surface area contributed by atoms with Gasteiger partial charge in [-0.3, -0.25) is 0 Å². The molecule has 2 nitrogen and oxygen atoms in total. The van der Waals surface area contributed by atoms with Gasteiger partial charge >= 0.3 is 0 Å². The van der Waals surface area contributed by atoms with Gasteiger partial charge < -0.3 is 10.6 Å². The zero-order chi connectivity index (χ0) is 13.7. The molecule has 1 atom stereocenters. The second kappa shape index (κ2) is 6.58. The lowest BCUT2D eigenvalue weighted by Gasteiger charge is -2.16. The number of hydrogen-bond donors (Lipinski definition) is 2. The number of fused-ring (bicyclic) bond motifs is 1. The van der Waals surface area contributed by atoms with Crippen molar-refractivity contribution < 1.29 is 0 Å². The van der Waals surface area contributed by atoms with E-state index in [2.05, 4.69) is 60.9 Å². The molecule has 0 saturated heterocycles. The number of benzene rings is 2. The lowest BCUT2D eigenvalue weighted by atomic mass is 10.1. The first-order valence-electron chi connectivity index (χ1n) is 7.12. The number of anilines is 1. The Morgan fingerprint density at radius 2 is 1.74 bits per heavy atom.